The second-order valence-corrected chi connectivity index (χ2v) is 9.26. The molecule has 3 aromatic rings. The minimum Gasteiger partial charge on any atom is -0.326 e. The van der Waals surface area contributed by atoms with Crippen LogP contribution in [0.3, 0.4) is 0 Å². The first-order valence-electron chi connectivity index (χ1n) is 9.79. The van der Waals surface area contributed by atoms with Crippen molar-refractivity contribution in [2.24, 2.45) is 5.92 Å². The zero-order valence-electron chi connectivity index (χ0n) is 17.3. The SMILES string of the molecule is CC(=O)Nc1ccc(S(=O)(=O)N(CCC(C)C)c2ccnn2-c2ccccc2)cc1. The number of amides is 1. The Labute approximate surface area is 177 Å². The predicted octanol–water partition coefficient (Wildman–Crippen LogP) is 4.07. The summed E-state index contributed by atoms with van der Waals surface area (Å²) in [5.74, 6) is 0.599. The monoisotopic (exact) mass is 426 g/mol. The Bertz CT molecular complexity index is 1090. The molecule has 1 N–H and O–H groups in total. The van der Waals surface area contributed by atoms with Crippen molar-refractivity contribution in [2.45, 2.75) is 32.1 Å². The number of hydrogen-bond acceptors (Lipinski definition) is 4. The number of benzene rings is 2. The minimum atomic E-state index is -3.84. The maximum atomic E-state index is 13.6. The fourth-order valence-corrected chi connectivity index (χ4v) is 4.49. The summed E-state index contributed by atoms with van der Waals surface area (Å²) in [5.41, 5.74) is 1.33. The van der Waals surface area contributed by atoms with Gasteiger partial charge < -0.3 is 5.32 Å². The molecule has 0 saturated carbocycles. The molecule has 1 amide bonds. The number of aromatic nitrogens is 2. The number of anilines is 2. The number of sulfonamides is 1. The highest BCUT2D eigenvalue weighted by molar-refractivity contribution is 7.92. The minimum absolute atomic E-state index is 0.154. The molecule has 30 heavy (non-hydrogen) atoms. The summed E-state index contributed by atoms with van der Waals surface area (Å²) in [6.07, 6.45) is 2.29. The van der Waals surface area contributed by atoms with Gasteiger partial charge in [0.2, 0.25) is 5.91 Å². The number of nitrogens with zero attached hydrogens (tertiary/aromatic N) is 3. The van der Waals surface area contributed by atoms with Crippen molar-refractivity contribution < 1.29 is 13.2 Å². The number of para-hydroxylation sites is 1. The van der Waals surface area contributed by atoms with Crippen LogP contribution in [0.4, 0.5) is 11.5 Å². The van der Waals surface area contributed by atoms with E-state index in [1.54, 1.807) is 29.1 Å². The molecule has 0 unspecified atom stereocenters. The van der Waals surface area contributed by atoms with E-state index in [1.807, 2.05) is 30.3 Å². The van der Waals surface area contributed by atoms with Crippen LogP contribution in [0.15, 0.2) is 71.8 Å². The van der Waals surface area contributed by atoms with Crippen LogP contribution in [0.1, 0.15) is 27.2 Å². The second-order valence-electron chi connectivity index (χ2n) is 7.40. The lowest BCUT2D eigenvalue weighted by Crippen LogP contribution is -2.34. The van der Waals surface area contributed by atoms with E-state index in [-0.39, 0.29) is 10.8 Å². The summed E-state index contributed by atoms with van der Waals surface area (Å²) in [6.45, 7) is 5.85. The molecule has 0 spiro atoms. The Hall–Kier alpha value is -3.13. The van der Waals surface area contributed by atoms with E-state index in [9.17, 15) is 13.2 Å². The molecule has 0 aliphatic carbocycles. The molecule has 0 radical (unpaired) electrons. The number of nitrogens with one attached hydrogen (secondary N) is 1. The standard InChI is InChI=1S/C22H26N4O3S/c1-17(2)14-16-25(22-13-15-23-26(22)20-7-5-4-6-8-20)30(28,29)21-11-9-19(10-12-21)24-18(3)27/h4-13,15,17H,14,16H2,1-3H3,(H,24,27). The van der Waals surface area contributed by atoms with Crippen molar-refractivity contribution in [3.05, 3.63) is 66.9 Å². The van der Waals surface area contributed by atoms with Crippen molar-refractivity contribution in [1.29, 1.82) is 0 Å². The van der Waals surface area contributed by atoms with E-state index < -0.39 is 10.0 Å². The molecule has 0 aliphatic rings. The van der Waals surface area contributed by atoms with E-state index in [0.717, 1.165) is 5.69 Å². The molecule has 0 saturated heterocycles. The lowest BCUT2D eigenvalue weighted by Gasteiger charge is -2.26. The Morgan fingerprint density at radius 2 is 1.73 bits per heavy atom. The van der Waals surface area contributed by atoms with Crippen LogP contribution >= 0.6 is 0 Å². The summed E-state index contributed by atoms with van der Waals surface area (Å²) in [4.78, 5) is 11.4. The summed E-state index contributed by atoms with van der Waals surface area (Å²) < 4.78 is 30.1. The topological polar surface area (TPSA) is 84.3 Å². The zero-order chi connectivity index (χ0) is 21.7. The van der Waals surface area contributed by atoms with Crippen LogP contribution in [-0.4, -0.2) is 30.7 Å². The fourth-order valence-electron chi connectivity index (χ4n) is 3.03. The van der Waals surface area contributed by atoms with Gasteiger partial charge in [0.05, 0.1) is 16.8 Å². The molecule has 2 aromatic carbocycles. The average Bonchev–Trinajstić information content (AvgIpc) is 3.18. The zero-order valence-corrected chi connectivity index (χ0v) is 18.1. The summed E-state index contributed by atoms with van der Waals surface area (Å²) >= 11 is 0. The number of carbonyl (C=O) groups excluding carboxylic acids is 1. The Morgan fingerprint density at radius 3 is 2.33 bits per heavy atom. The number of hydrogen-bond donors (Lipinski definition) is 1. The second kappa shape index (κ2) is 9.13. The fraction of sp³-hybridized carbons (Fsp3) is 0.273. The number of carbonyl (C=O) groups is 1. The highest BCUT2D eigenvalue weighted by atomic mass is 32.2. The lowest BCUT2D eigenvalue weighted by molar-refractivity contribution is -0.114. The van der Waals surface area contributed by atoms with Gasteiger partial charge in [0.15, 0.2) is 0 Å². The normalized spacial score (nSPS) is 11.5. The van der Waals surface area contributed by atoms with E-state index in [0.29, 0.717) is 30.4 Å². The molecule has 8 heteroatoms. The molecule has 1 heterocycles. The van der Waals surface area contributed by atoms with Crippen LogP contribution < -0.4 is 9.62 Å². The molecule has 158 valence electrons. The van der Waals surface area contributed by atoms with Gasteiger partial charge >= 0.3 is 0 Å². The van der Waals surface area contributed by atoms with Crippen LogP contribution in [0.25, 0.3) is 5.69 Å². The molecule has 0 bridgehead atoms. The van der Waals surface area contributed by atoms with E-state index >= 15 is 0 Å². The molecule has 7 nitrogen and oxygen atoms in total. The van der Waals surface area contributed by atoms with Crippen molar-refractivity contribution >= 4 is 27.4 Å². The first-order valence-corrected chi connectivity index (χ1v) is 11.2. The van der Waals surface area contributed by atoms with Crippen molar-refractivity contribution in [3.8, 4) is 5.69 Å². The van der Waals surface area contributed by atoms with Crippen LogP contribution in [0.2, 0.25) is 0 Å². The highest BCUT2D eigenvalue weighted by Gasteiger charge is 2.28. The van der Waals surface area contributed by atoms with Crippen LogP contribution in [-0.2, 0) is 14.8 Å². The largest absolute Gasteiger partial charge is 0.326 e. The van der Waals surface area contributed by atoms with Gasteiger partial charge in [-0.25, -0.2) is 17.4 Å². The third-order valence-electron chi connectivity index (χ3n) is 4.55. The predicted molar refractivity (Wildman–Crippen MR) is 118 cm³/mol. The average molecular weight is 427 g/mol. The van der Waals surface area contributed by atoms with Gasteiger partial charge in [0.1, 0.15) is 5.82 Å². The Kier molecular flexibility index (Phi) is 6.56. The molecule has 0 aliphatic heterocycles. The summed E-state index contributed by atoms with van der Waals surface area (Å²) in [6, 6.07) is 17.3. The van der Waals surface area contributed by atoms with Gasteiger partial charge in [-0.1, -0.05) is 32.0 Å². The smallest absolute Gasteiger partial charge is 0.265 e. The molecule has 0 fully saturated rings. The first kappa shape index (κ1) is 21.6. The van der Waals surface area contributed by atoms with E-state index in [4.69, 9.17) is 0 Å². The van der Waals surface area contributed by atoms with Crippen molar-refractivity contribution in [1.82, 2.24) is 9.78 Å². The van der Waals surface area contributed by atoms with Gasteiger partial charge in [0.25, 0.3) is 10.0 Å². The highest BCUT2D eigenvalue weighted by Crippen LogP contribution is 2.27. The Morgan fingerprint density at radius 1 is 1.07 bits per heavy atom. The molecule has 1 aromatic heterocycles. The molecule has 0 atom stereocenters. The van der Waals surface area contributed by atoms with Gasteiger partial charge in [-0.2, -0.15) is 5.10 Å². The molecule has 3 rings (SSSR count). The summed E-state index contributed by atoms with van der Waals surface area (Å²) in [5, 5.41) is 7.00. The van der Waals surface area contributed by atoms with Gasteiger partial charge in [-0.15, -0.1) is 0 Å². The lowest BCUT2D eigenvalue weighted by atomic mass is 10.1. The number of rotatable bonds is 8. The molecular formula is C22H26N4O3S. The molecular weight excluding hydrogens is 400 g/mol. The van der Waals surface area contributed by atoms with Crippen LogP contribution in [0, 0.1) is 5.92 Å². The van der Waals surface area contributed by atoms with Crippen molar-refractivity contribution in [3.63, 3.8) is 0 Å². The van der Waals surface area contributed by atoms with Gasteiger partial charge in [-0.05, 0) is 48.7 Å². The third-order valence-corrected chi connectivity index (χ3v) is 6.37. The van der Waals surface area contributed by atoms with E-state index in [1.165, 1.54) is 23.4 Å². The van der Waals surface area contributed by atoms with E-state index in [2.05, 4.69) is 24.3 Å². The summed E-state index contributed by atoms with van der Waals surface area (Å²) in [7, 11) is -3.84. The third kappa shape index (κ3) is 4.88. The maximum Gasteiger partial charge on any atom is 0.265 e. The Balaban J connectivity index is 2.02. The first-order chi connectivity index (χ1) is 14.3. The van der Waals surface area contributed by atoms with Crippen molar-refractivity contribution in [2.75, 3.05) is 16.2 Å². The van der Waals surface area contributed by atoms with Crippen LogP contribution in [0.5, 0.6) is 0 Å². The maximum absolute atomic E-state index is 13.6. The quantitative estimate of drug-likeness (QED) is 0.588. The van der Waals surface area contributed by atoms with Gasteiger partial charge in [0, 0.05) is 25.2 Å². The van der Waals surface area contributed by atoms with Gasteiger partial charge in [-0.3, -0.25) is 4.79 Å².